The molecule has 0 saturated heterocycles. The molecule has 0 radical (unpaired) electrons. The number of benzene rings is 1. The molecular formula is C12H14BrClS. The van der Waals surface area contributed by atoms with Gasteiger partial charge >= 0.3 is 0 Å². The van der Waals surface area contributed by atoms with Crippen LogP contribution in [-0.4, -0.2) is 11.1 Å². The quantitative estimate of drug-likeness (QED) is 0.708. The Bertz CT molecular complexity index is 319. The molecule has 2 rings (SSSR count). The van der Waals surface area contributed by atoms with E-state index in [0.717, 1.165) is 16.1 Å². The minimum Gasteiger partial charge on any atom is -0.157 e. The Morgan fingerprint density at radius 3 is 2.47 bits per heavy atom. The van der Waals surface area contributed by atoms with Crippen LogP contribution in [0.2, 0.25) is 5.02 Å². The molecule has 0 amide bonds. The fourth-order valence-electron chi connectivity index (χ4n) is 1.46. The van der Waals surface area contributed by atoms with Gasteiger partial charge in [-0.3, -0.25) is 0 Å². The Labute approximate surface area is 109 Å². The van der Waals surface area contributed by atoms with E-state index in [0.29, 0.717) is 5.41 Å². The molecule has 0 nitrogen and oxygen atoms in total. The Kier molecular flexibility index (Phi) is 4.03. The van der Waals surface area contributed by atoms with Crippen molar-refractivity contribution in [2.24, 2.45) is 5.41 Å². The van der Waals surface area contributed by atoms with Crippen molar-refractivity contribution < 1.29 is 0 Å². The zero-order valence-corrected chi connectivity index (χ0v) is 11.7. The number of halogens is 2. The van der Waals surface area contributed by atoms with Crippen LogP contribution >= 0.6 is 39.3 Å². The maximum atomic E-state index is 5.84. The van der Waals surface area contributed by atoms with Gasteiger partial charge in [0.15, 0.2) is 0 Å². The van der Waals surface area contributed by atoms with Gasteiger partial charge in [0.05, 0.1) is 0 Å². The Balaban J connectivity index is 1.76. The average Bonchev–Trinajstić information content (AvgIpc) is 3.02. The standard InChI is InChI=1S/C12H14BrClS/c13-8-12(5-6-12)9-15-7-10-1-3-11(14)4-2-10/h1-4H,5-9H2. The number of thioether (sulfide) groups is 1. The van der Waals surface area contributed by atoms with Gasteiger partial charge in [-0.05, 0) is 36.0 Å². The third kappa shape index (κ3) is 3.40. The normalized spacial score (nSPS) is 17.7. The van der Waals surface area contributed by atoms with E-state index in [4.69, 9.17) is 11.6 Å². The van der Waals surface area contributed by atoms with E-state index in [-0.39, 0.29) is 0 Å². The zero-order valence-electron chi connectivity index (χ0n) is 8.51. The van der Waals surface area contributed by atoms with E-state index in [2.05, 4.69) is 28.1 Å². The van der Waals surface area contributed by atoms with E-state index >= 15 is 0 Å². The predicted molar refractivity (Wildman–Crippen MR) is 73.1 cm³/mol. The van der Waals surface area contributed by atoms with Gasteiger partial charge in [-0.2, -0.15) is 11.8 Å². The molecule has 15 heavy (non-hydrogen) atoms. The van der Waals surface area contributed by atoms with Crippen molar-refractivity contribution in [3.8, 4) is 0 Å². The van der Waals surface area contributed by atoms with Gasteiger partial charge in [0.25, 0.3) is 0 Å². The number of hydrogen-bond donors (Lipinski definition) is 0. The highest BCUT2D eigenvalue weighted by Crippen LogP contribution is 2.49. The molecule has 0 heterocycles. The van der Waals surface area contributed by atoms with Crippen LogP contribution < -0.4 is 0 Å². The molecule has 0 spiro atoms. The molecule has 1 aromatic rings. The maximum absolute atomic E-state index is 5.84. The molecule has 0 atom stereocenters. The van der Waals surface area contributed by atoms with Crippen LogP contribution in [0.3, 0.4) is 0 Å². The summed E-state index contributed by atoms with van der Waals surface area (Å²) >= 11 is 11.5. The largest absolute Gasteiger partial charge is 0.157 e. The second-order valence-corrected chi connectivity index (χ2v) is 6.24. The molecular weight excluding hydrogens is 292 g/mol. The lowest BCUT2D eigenvalue weighted by Gasteiger charge is -2.10. The van der Waals surface area contributed by atoms with Gasteiger partial charge in [0, 0.05) is 21.9 Å². The fourth-order valence-corrected chi connectivity index (χ4v) is 3.96. The highest BCUT2D eigenvalue weighted by Gasteiger charge is 2.40. The van der Waals surface area contributed by atoms with Gasteiger partial charge in [-0.1, -0.05) is 39.7 Å². The van der Waals surface area contributed by atoms with Crippen LogP contribution in [-0.2, 0) is 5.75 Å². The Hall–Kier alpha value is 0.340. The monoisotopic (exact) mass is 304 g/mol. The first-order valence-electron chi connectivity index (χ1n) is 5.12. The van der Waals surface area contributed by atoms with Crippen molar-refractivity contribution in [3.05, 3.63) is 34.9 Å². The maximum Gasteiger partial charge on any atom is 0.0406 e. The first-order valence-corrected chi connectivity index (χ1v) is 7.78. The van der Waals surface area contributed by atoms with E-state index in [1.54, 1.807) is 0 Å². The minimum atomic E-state index is 0.622. The van der Waals surface area contributed by atoms with Gasteiger partial charge < -0.3 is 0 Å². The third-order valence-corrected chi connectivity index (χ3v) is 5.63. The Morgan fingerprint density at radius 2 is 1.93 bits per heavy atom. The molecule has 0 N–H and O–H groups in total. The van der Waals surface area contributed by atoms with Crippen LogP contribution in [0.4, 0.5) is 0 Å². The topological polar surface area (TPSA) is 0 Å². The van der Waals surface area contributed by atoms with Gasteiger partial charge in [0.2, 0.25) is 0 Å². The first kappa shape index (κ1) is 11.8. The molecule has 0 bridgehead atoms. The summed E-state index contributed by atoms with van der Waals surface area (Å²) in [5, 5.41) is 1.98. The van der Waals surface area contributed by atoms with E-state index in [9.17, 15) is 0 Å². The highest BCUT2D eigenvalue weighted by atomic mass is 79.9. The summed E-state index contributed by atoms with van der Waals surface area (Å²) in [6.45, 7) is 0. The SMILES string of the molecule is Clc1ccc(CSCC2(CBr)CC2)cc1. The summed E-state index contributed by atoms with van der Waals surface area (Å²) in [4.78, 5) is 0. The summed E-state index contributed by atoms with van der Waals surface area (Å²) in [5.41, 5.74) is 1.99. The molecule has 1 aliphatic rings. The number of hydrogen-bond acceptors (Lipinski definition) is 1. The molecule has 1 aromatic carbocycles. The van der Waals surface area contributed by atoms with Crippen LogP contribution in [0.25, 0.3) is 0 Å². The molecule has 0 aliphatic heterocycles. The second kappa shape index (κ2) is 5.11. The van der Waals surface area contributed by atoms with Crippen molar-refractivity contribution in [3.63, 3.8) is 0 Å². The molecule has 1 fully saturated rings. The van der Waals surface area contributed by atoms with Crippen LogP contribution in [0.5, 0.6) is 0 Å². The van der Waals surface area contributed by atoms with Crippen molar-refractivity contribution in [1.82, 2.24) is 0 Å². The van der Waals surface area contributed by atoms with E-state index in [1.807, 2.05) is 23.9 Å². The summed E-state index contributed by atoms with van der Waals surface area (Å²) in [5.74, 6) is 2.38. The highest BCUT2D eigenvalue weighted by molar-refractivity contribution is 9.09. The summed E-state index contributed by atoms with van der Waals surface area (Å²) in [6.07, 6.45) is 2.79. The smallest absolute Gasteiger partial charge is 0.0406 e. The van der Waals surface area contributed by atoms with Crippen LogP contribution in [0.15, 0.2) is 24.3 Å². The minimum absolute atomic E-state index is 0.622. The summed E-state index contributed by atoms with van der Waals surface area (Å²) in [6, 6.07) is 8.16. The van der Waals surface area contributed by atoms with E-state index in [1.165, 1.54) is 24.2 Å². The molecule has 82 valence electrons. The zero-order chi connectivity index (χ0) is 10.7. The lowest BCUT2D eigenvalue weighted by atomic mass is 10.2. The van der Waals surface area contributed by atoms with Crippen molar-refractivity contribution >= 4 is 39.3 Å². The summed E-state index contributed by atoms with van der Waals surface area (Å²) < 4.78 is 0. The fraction of sp³-hybridized carbons (Fsp3) is 0.500. The van der Waals surface area contributed by atoms with Crippen molar-refractivity contribution in [2.75, 3.05) is 11.1 Å². The molecule has 0 aromatic heterocycles. The van der Waals surface area contributed by atoms with E-state index < -0.39 is 0 Å². The number of rotatable bonds is 5. The molecule has 1 saturated carbocycles. The summed E-state index contributed by atoms with van der Waals surface area (Å²) in [7, 11) is 0. The lowest BCUT2D eigenvalue weighted by Crippen LogP contribution is -2.05. The van der Waals surface area contributed by atoms with Crippen molar-refractivity contribution in [2.45, 2.75) is 18.6 Å². The average molecular weight is 306 g/mol. The van der Waals surface area contributed by atoms with Gasteiger partial charge in [-0.15, -0.1) is 0 Å². The lowest BCUT2D eigenvalue weighted by molar-refractivity contribution is 0.686. The molecule has 3 heteroatoms. The second-order valence-electron chi connectivity index (χ2n) is 4.25. The number of alkyl halides is 1. The van der Waals surface area contributed by atoms with Crippen molar-refractivity contribution in [1.29, 1.82) is 0 Å². The first-order chi connectivity index (χ1) is 7.24. The Morgan fingerprint density at radius 1 is 1.27 bits per heavy atom. The molecule has 1 aliphatic carbocycles. The predicted octanol–water partition coefficient (Wildman–Crippen LogP) is 4.75. The van der Waals surface area contributed by atoms with Gasteiger partial charge in [0.1, 0.15) is 0 Å². The van der Waals surface area contributed by atoms with Crippen LogP contribution in [0, 0.1) is 5.41 Å². The van der Waals surface area contributed by atoms with Gasteiger partial charge in [-0.25, -0.2) is 0 Å². The van der Waals surface area contributed by atoms with Crippen LogP contribution in [0.1, 0.15) is 18.4 Å². The molecule has 0 unspecified atom stereocenters. The third-order valence-electron chi connectivity index (χ3n) is 2.83.